The maximum absolute atomic E-state index is 5.97. The number of rotatable bonds is 4. The Kier molecular flexibility index (Phi) is 3.55. The van der Waals surface area contributed by atoms with Crippen molar-refractivity contribution in [3.05, 3.63) is 30.5 Å². The molecule has 96 valence electrons. The van der Waals surface area contributed by atoms with Crippen molar-refractivity contribution < 1.29 is 0 Å². The summed E-state index contributed by atoms with van der Waals surface area (Å²) in [6, 6.07) is 8.46. The molecule has 1 heterocycles. The number of aryl methyl sites for hydroxylation is 1. The average molecular weight is 244 g/mol. The van der Waals surface area contributed by atoms with Crippen molar-refractivity contribution in [1.29, 1.82) is 0 Å². The molecule has 18 heavy (non-hydrogen) atoms. The van der Waals surface area contributed by atoms with E-state index in [4.69, 9.17) is 5.73 Å². The molecule has 0 amide bonds. The van der Waals surface area contributed by atoms with E-state index in [1.165, 1.54) is 5.69 Å². The number of aromatic nitrogens is 2. The first-order valence-corrected chi connectivity index (χ1v) is 6.30. The highest BCUT2D eigenvalue weighted by Crippen LogP contribution is 2.27. The monoisotopic (exact) mass is 244 g/mol. The number of nitrogen functional groups attached to an aromatic ring is 1. The number of hydrogen-bond donors (Lipinski definition) is 1. The van der Waals surface area contributed by atoms with Crippen LogP contribution in [-0.2, 0) is 7.05 Å². The van der Waals surface area contributed by atoms with Gasteiger partial charge in [0.1, 0.15) is 5.82 Å². The first kappa shape index (κ1) is 12.5. The summed E-state index contributed by atoms with van der Waals surface area (Å²) in [4.78, 5) is 2.32. The zero-order valence-corrected chi connectivity index (χ0v) is 11.2. The molecule has 0 saturated carbocycles. The third-order valence-electron chi connectivity index (χ3n) is 3.29. The second-order valence-electron chi connectivity index (χ2n) is 4.29. The predicted octanol–water partition coefficient (Wildman–Crippen LogP) is 2.52. The van der Waals surface area contributed by atoms with Gasteiger partial charge in [-0.15, -0.1) is 0 Å². The standard InChI is InChI=1S/C14H20N4/c1-4-18(5-2)12-8-6-11(7-9-12)13-10-16-17(3)14(13)15/h6-10H,4-5,15H2,1-3H3. The second-order valence-corrected chi connectivity index (χ2v) is 4.29. The van der Waals surface area contributed by atoms with E-state index >= 15 is 0 Å². The lowest BCUT2D eigenvalue weighted by Crippen LogP contribution is -2.21. The Morgan fingerprint density at radius 2 is 1.78 bits per heavy atom. The smallest absolute Gasteiger partial charge is 0.129 e. The quantitative estimate of drug-likeness (QED) is 0.899. The fourth-order valence-electron chi connectivity index (χ4n) is 2.11. The van der Waals surface area contributed by atoms with Gasteiger partial charge < -0.3 is 10.6 Å². The molecular formula is C14H20N4. The van der Waals surface area contributed by atoms with E-state index in [0.717, 1.165) is 24.2 Å². The second kappa shape index (κ2) is 5.12. The molecule has 0 bridgehead atoms. The van der Waals surface area contributed by atoms with Crippen LogP contribution in [0.25, 0.3) is 11.1 Å². The highest BCUT2D eigenvalue weighted by molar-refractivity contribution is 5.74. The van der Waals surface area contributed by atoms with Gasteiger partial charge in [0.15, 0.2) is 0 Å². The minimum absolute atomic E-state index is 0.700. The SMILES string of the molecule is CCN(CC)c1ccc(-c2cnn(C)c2N)cc1. The number of hydrogen-bond acceptors (Lipinski definition) is 3. The summed E-state index contributed by atoms with van der Waals surface area (Å²) in [6.45, 7) is 6.36. The van der Waals surface area contributed by atoms with E-state index in [-0.39, 0.29) is 0 Å². The number of anilines is 2. The van der Waals surface area contributed by atoms with E-state index in [1.807, 2.05) is 13.2 Å². The maximum atomic E-state index is 5.97. The Morgan fingerprint density at radius 3 is 2.22 bits per heavy atom. The van der Waals surface area contributed by atoms with Crippen LogP contribution in [-0.4, -0.2) is 22.9 Å². The molecule has 2 aromatic rings. The summed E-state index contributed by atoms with van der Waals surface area (Å²) in [5.41, 5.74) is 9.31. The molecular weight excluding hydrogens is 224 g/mol. The highest BCUT2D eigenvalue weighted by atomic mass is 15.3. The minimum Gasteiger partial charge on any atom is -0.383 e. The van der Waals surface area contributed by atoms with Crippen molar-refractivity contribution in [2.75, 3.05) is 23.7 Å². The van der Waals surface area contributed by atoms with Crippen LogP contribution in [0.3, 0.4) is 0 Å². The van der Waals surface area contributed by atoms with Crippen molar-refractivity contribution >= 4 is 11.5 Å². The first-order chi connectivity index (χ1) is 8.67. The largest absolute Gasteiger partial charge is 0.383 e. The van der Waals surface area contributed by atoms with Gasteiger partial charge in [-0.25, -0.2) is 0 Å². The lowest BCUT2D eigenvalue weighted by Gasteiger charge is -2.21. The summed E-state index contributed by atoms with van der Waals surface area (Å²) < 4.78 is 1.69. The van der Waals surface area contributed by atoms with Crippen LogP contribution in [0.1, 0.15) is 13.8 Å². The summed E-state index contributed by atoms with van der Waals surface area (Å²) in [7, 11) is 1.85. The van der Waals surface area contributed by atoms with Gasteiger partial charge in [0, 0.05) is 31.4 Å². The van der Waals surface area contributed by atoms with Crippen molar-refractivity contribution in [2.45, 2.75) is 13.8 Å². The molecule has 0 aliphatic heterocycles. The van der Waals surface area contributed by atoms with Gasteiger partial charge in [-0.05, 0) is 31.5 Å². The molecule has 0 aliphatic carbocycles. The molecule has 0 unspecified atom stereocenters. The van der Waals surface area contributed by atoms with Gasteiger partial charge in [0.25, 0.3) is 0 Å². The van der Waals surface area contributed by atoms with E-state index in [1.54, 1.807) is 4.68 Å². The lowest BCUT2D eigenvalue weighted by atomic mass is 10.1. The maximum Gasteiger partial charge on any atom is 0.129 e. The van der Waals surface area contributed by atoms with Crippen molar-refractivity contribution in [3.63, 3.8) is 0 Å². The van der Waals surface area contributed by atoms with Crippen LogP contribution in [0.5, 0.6) is 0 Å². The van der Waals surface area contributed by atoms with Crippen LogP contribution in [0.2, 0.25) is 0 Å². The Labute approximate surface area is 108 Å². The van der Waals surface area contributed by atoms with Gasteiger partial charge in [0.2, 0.25) is 0 Å². The van der Waals surface area contributed by atoms with Crippen LogP contribution in [0.15, 0.2) is 30.5 Å². The molecule has 0 saturated heterocycles. The van der Waals surface area contributed by atoms with E-state index in [9.17, 15) is 0 Å². The van der Waals surface area contributed by atoms with E-state index in [0.29, 0.717) is 5.82 Å². The Hall–Kier alpha value is -1.97. The molecule has 2 N–H and O–H groups in total. The third-order valence-corrected chi connectivity index (χ3v) is 3.29. The topological polar surface area (TPSA) is 47.1 Å². The highest BCUT2D eigenvalue weighted by Gasteiger charge is 2.08. The van der Waals surface area contributed by atoms with Gasteiger partial charge in [-0.2, -0.15) is 5.10 Å². The summed E-state index contributed by atoms with van der Waals surface area (Å²) in [5, 5.41) is 4.16. The minimum atomic E-state index is 0.700. The number of nitrogens with zero attached hydrogens (tertiary/aromatic N) is 3. The van der Waals surface area contributed by atoms with Gasteiger partial charge in [-0.3, -0.25) is 4.68 Å². The molecule has 0 spiro atoms. The third kappa shape index (κ3) is 2.18. The summed E-state index contributed by atoms with van der Waals surface area (Å²) in [6.07, 6.45) is 1.81. The van der Waals surface area contributed by atoms with E-state index in [2.05, 4.69) is 48.1 Å². The fourth-order valence-corrected chi connectivity index (χ4v) is 2.11. The molecule has 0 radical (unpaired) electrons. The summed E-state index contributed by atoms with van der Waals surface area (Å²) >= 11 is 0. The van der Waals surface area contributed by atoms with Gasteiger partial charge >= 0.3 is 0 Å². The Bertz CT molecular complexity index is 509. The lowest BCUT2D eigenvalue weighted by molar-refractivity contribution is 0.779. The fraction of sp³-hybridized carbons (Fsp3) is 0.357. The zero-order valence-electron chi connectivity index (χ0n) is 11.2. The average Bonchev–Trinajstić information content (AvgIpc) is 2.73. The van der Waals surface area contributed by atoms with Gasteiger partial charge in [-0.1, -0.05) is 12.1 Å². The normalized spacial score (nSPS) is 10.6. The first-order valence-electron chi connectivity index (χ1n) is 6.30. The van der Waals surface area contributed by atoms with Crippen LogP contribution >= 0.6 is 0 Å². The molecule has 2 rings (SSSR count). The molecule has 4 nitrogen and oxygen atoms in total. The predicted molar refractivity (Wildman–Crippen MR) is 76.6 cm³/mol. The van der Waals surface area contributed by atoms with Crippen LogP contribution in [0, 0.1) is 0 Å². The molecule has 0 fully saturated rings. The molecule has 1 aromatic heterocycles. The van der Waals surface area contributed by atoms with E-state index < -0.39 is 0 Å². The molecule has 1 aromatic carbocycles. The molecule has 0 aliphatic rings. The Morgan fingerprint density at radius 1 is 1.17 bits per heavy atom. The number of benzene rings is 1. The molecule has 4 heteroatoms. The number of nitrogens with two attached hydrogens (primary N) is 1. The zero-order chi connectivity index (χ0) is 13.1. The van der Waals surface area contributed by atoms with Crippen LogP contribution in [0.4, 0.5) is 11.5 Å². The summed E-state index contributed by atoms with van der Waals surface area (Å²) in [5.74, 6) is 0.700. The van der Waals surface area contributed by atoms with Crippen molar-refractivity contribution in [3.8, 4) is 11.1 Å². The van der Waals surface area contributed by atoms with Crippen molar-refractivity contribution in [2.24, 2.45) is 7.05 Å². The Balaban J connectivity index is 2.30. The van der Waals surface area contributed by atoms with Gasteiger partial charge in [0.05, 0.1) is 6.20 Å². The van der Waals surface area contributed by atoms with Crippen molar-refractivity contribution in [1.82, 2.24) is 9.78 Å². The van der Waals surface area contributed by atoms with Crippen LogP contribution < -0.4 is 10.6 Å². The molecule has 0 atom stereocenters.